The number of nitrogens with zero attached hydrogens (tertiary/aromatic N) is 6. The minimum Gasteiger partial charge on any atom is -0.508 e. The Balaban J connectivity index is 0.731. The number of aromatic nitrogens is 3. The third-order valence-corrected chi connectivity index (χ3v) is 12.0. The lowest BCUT2D eigenvalue weighted by Crippen LogP contribution is -2.54. The molecule has 3 heterocycles. The average Bonchev–Trinajstić information content (AvgIpc) is 3.93. The van der Waals surface area contributed by atoms with Gasteiger partial charge < -0.3 is 34.3 Å². The van der Waals surface area contributed by atoms with Gasteiger partial charge in [0.2, 0.25) is 11.8 Å². The maximum atomic E-state index is 13.4. The van der Waals surface area contributed by atoms with Gasteiger partial charge in [-0.25, -0.2) is 4.68 Å². The van der Waals surface area contributed by atoms with E-state index < -0.39 is 23.8 Å². The molecular weight excluding hydrogens is 883 g/mol. The van der Waals surface area contributed by atoms with Gasteiger partial charge in [0.1, 0.15) is 24.1 Å². The van der Waals surface area contributed by atoms with Crippen LogP contribution < -0.4 is 10.1 Å². The Morgan fingerprint density at radius 2 is 1.48 bits per heavy atom. The van der Waals surface area contributed by atoms with E-state index in [1.165, 1.54) is 12.6 Å². The summed E-state index contributed by atoms with van der Waals surface area (Å²) in [6, 6.07) is 29.5. The number of ether oxygens (including phenoxy) is 4. The van der Waals surface area contributed by atoms with Crippen molar-refractivity contribution in [1.82, 2.24) is 29.7 Å². The number of rotatable bonds is 25. The number of carbonyl (C=O) groups excluding carboxylic acids is 5. The van der Waals surface area contributed by atoms with Crippen molar-refractivity contribution in [2.45, 2.75) is 51.6 Å². The van der Waals surface area contributed by atoms with Crippen LogP contribution in [0, 0.1) is 0 Å². The minimum atomic E-state index is -1.01. The number of benzene rings is 4. The molecule has 0 saturated carbocycles. The monoisotopic (exact) mass is 941 g/mol. The van der Waals surface area contributed by atoms with E-state index in [-0.39, 0.29) is 48.0 Å². The van der Waals surface area contributed by atoms with Gasteiger partial charge in [-0.15, -0.1) is 5.10 Å². The second kappa shape index (κ2) is 24.2. The van der Waals surface area contributed by atoms with E-state index in [1.807, 2.05) is 60.8 Å². The summed E-state index contributed by atoms with van der Waals surface area (Å²) in [5.74, 6) is -1.10. The smallest absolute Gasteiger partial charge is 0.264 e. The number of hydrogen-bond acceptors (Lipinski definition) is 13. The van der Waals surface area contributed by atoms with Gasteiger partial charge in [0.15, 0.2) is 0 Å². The Kier molecular flexibility index (Phi) is 17.4. The quantitative estimate of drug-likeness (QED) is 0.0410. The Labute approximate surface area is 401 Å². The Morgan fingerprint density at radius 1 is 0.797 bits per heavy atom. The largest absolute Gasteiger partial charge is 0.508 e. The minimum absolute atomic E-state index is 0.0194. The van der Waals surface area contributed by atoms with E-state index in [0.29, 0.717) is 89.4 Å². The number of aromatic hydroxyl groups is 1. The molecule has 4 aromatic carbocycles. The van der Waals surface area contributed by atoms with Crippen LogP contribution in [0.5, 0.6) is 11.5 Å². The summed E-state index contributed by atoms with van der Waals surface area (Å²) in [5, 5.41) is 21.5. The number of phenols is 1. The van der Waals surface area contributed by atoms with Gasteiger partial charge in [-0.2, -0.15) is 0 Å². The van der Waals surface area contributed by atoms with E-state index in [1.54, 1.807) is 47.0 Å². The molecule has 0 radical (unpaired) electrons. The standard InChI is InChI=1S/C52H59N7O10/c1-4-42(36-9-6-5-7-10-36)48(37-13-18-40(60)19-14-37)38-15-20-41(21-16-38)69-30-26-56(2)46(61)23-17-39-35-58(55-54-39)27-29-67-32-34-68-33-31-66-28-25-53-44-12-8-11-43-49(44)52(65)59(50(43)63)45-22-24-47(62)57(3)51(45)64/h5-16,18-21,35,45,53,60H,4,17,22-34H2,1-3H3/b48-42-. The lowest BCUT2D eigenvalue weighted by Gasteiger charge is -2.32. The topological polar surface area (TPSA) is 195 Å². The third-order valence-electron chi connectivity index (χ3n) is 12.0. The number of likely N-dealkylation sites (tertiary alicyclic amines) is 1. The molecule has 5 aromatic rings. The number of aryl methyl sites for hydroxylation is 1. The van der Waals surface area contributed by atoms with Gasteiger partial charge in [0.25, 0.3) is 17.7 Å². The number of phenolic OH excluding ortho intramolecular Hbond substituents is 1. The Morgan fingerprint density at radius 3 is 2.19 bits per heavy atom. The van der Waals surface area contributed by atoms with Crippen molar-refractivity contribution in [1.29, 1.82) is 0 Å². The molecule has 17 nitrogen and oxygen atoms in total. The molecule has 0 bridgehead atoms. The second-order valence-electron chi connectivity index (χ2n) is 16.6. The molecule has 1 aromatic heterocycles. The molecule has 1 atom stereocenters. The molecule has 1 unspecified atom stereocenters. The van der Waals surface area contributed by atoms with Crippen molar-refractivity contribution in [2.75, 3.05) is 78.7 Å². The van der Waals surface area contributed by atoms with E-state index in [2.05, 4.69) is 34.7 Å². The molecule has 1 fully saturated rings. The fraction of sp³-hybridized carbons (Fsp3) is 0.365. The number of carbonyl (C=O) groups is 5. The molecular formula is C52H59N7O10. The summed E-state index contributed by atoms with van der Waals surface area (Å²) in [6.45, 7) is 5.96. The van der Waals surface area contributed by atoms with E-state index >= 15 is 0 Å². The molecule has 17 heteroatoms. The highest BCUT2D eigenvalue weighted by Gasteiger charge is 2.47. The van der Waals surface area contributed by atoms with Crippen LogP contribution in [-0.4, -0.2) is 144 Å². The van der Waals surface area contributed by atoms with Gasteiger partial charge in [-0.05, 0) is 77.1 Å². The lowest BCUT2D eigenvalue weighted by atomic mass is 9.88. The third kappa shape index (κ3) is 12.7. The average molecular weight is 942 g/mol. The van der Waals surface area contributed by atoms with Crippen molar-refractivity contribution in [3.63, 3.8) is 0 Å². The number of nitrogens with one attached hydrogen (secondary N) is 1. The van der Waals surface area contributed by atoms with Crippen LogP contribution >= 0.6 is 0 Å². The summed E-state index contributed by atoms with van der Waals surface area (Å²) in [5.41, 5.74) is 7.10. The van der Waals surface area contributed by atoms with Crippen LogP contribution in [0.4, 0.5) is 5.69 Å². The molecule has 0 aliphatic carbocycles. The second-order valence-corrected chi connectivity index (χ2v) is 16.6. The molecule has 0 spiro atoms. The van der Waals surface area contributed by atoms with Crippen molar-refractivity contribution in [3.05, 3.63) is 137 Å². The number of likely N-dealkylation sites (N-methyl/N-ethyl adjacent to an activating group) is 2. The molecule has 2 aliphatic rings. The van der Waals surface area contributed by atoms with E-state index in [4.69, 9.17) is 18.9 Å². The first-order valence-electron chi connectivity index (χ1n) is 23.3. The fourth-order valence-electron chi connectivity index (χ4n) is 8.27. The molecule has 2 N–H and O–H groups in total. The van der Waals surface area contributed by atoms with Crippen molar-refractivity contribution in [3.8, 4) is 11.5 Å². The number of amides is 5. The number of hydrogen-bond donors (Lipinski definition) is 2. The summed E-state index contributed by atoms with van der Waals surface area (Å²) >= 11 is 0. The van der Waals surface area contributed by atoms with Crippen LogP contribution in [-0.2, 0) is 41.6 Å². The highest BCUT2D eigenvalue weighted by Crippen LogP contribution is 2.36. The Bertz CT molecular complexity index is 2600. The summed E-state index contributed by atoms with van der Waals surface area (Å²) < 4.78 is 24.7. The first kappa shape index (κ1) is 49.7. The normalized spacial score (nSPS) is 15.1. The summed E-state index contributed by atoms with van der Waals surface area (Å²) in [6.07, 6.45) is 3.57. The van der Waals surface area contributed by atoms with Crippen molar-refractivity contribution in [2.24, 2.45) is 0 Å². The van der Waals surface area contributed by atoms with Gasteiger partial charge in [0, 0.05) is 51.8 Å². The molecule has 1 saturated heterocycles. The first-order chi connectivity index (χ1) is 33.5. The maximum Gasteiger partial charge on any atom is 0.264 e. The zero-order valence-electron chi connectivity index (χ0n) is 39.3. The Hall–Kier alpha value is -7.21. The summed E-state index contributed by atoms with van der Waals surface area (Å²) in [4.78, 5) is 67.7. The van der Waals surface area contributed by atoms with Gasteiger partial charge in [-0.3, -0.25) is 33.8 Å². The number of piperidine rings is 1. The fourth-order valence-corrected chi connectivity index (χ4v) is 8.27. The zero-order chi connectivity index (χ0) is 48.7. The molecule has 69 heavy (non-hydrogen) atoms. The molecule has 2 aliphatic heterocycles. The number of anilines is 1. The van der Waals surface area contributed by atoms with Gasteiger partial charge >= 0.3 is 0 Å². The van der Waals surface area contributed by atoms with Crippen LogP contribution in [0.15, 0.2) is 103 Å². The van der Waals surface area contributed by atoms with Crippen molar-refractivity contribution < 1.29 is 48.0 Å². The zero-order valence-corrected chi connectivity index (χ0v) is 39.3. The van der Waals surface area contributed by atoms with Crippen LogP contribution in [0.1, 0.15) is 75.7 Å². The highest BCUT2D eigenvalue weighted by atomic mass is 16.5. The number of fused-ring (bicyclic) bond motifs is 1. The summed E-state index contributed by atoms with van der Waals surface area (Å²) in [7, 11) is 3.12. The SMILES string of the molecule is CC/C(=C(\c1ccc(O)cc1)c1ccc(OCCN(C)C(=O)CCc2cn(CCOCCOCCOCCNc3cccc4c3C(=O)N(C3CCC(=O)N(C)C3=O)C4=O)nn2)cc1)c1ccccc1. The number of imide groups is 2. The highest BCUT2D eigenvalue weighted by molar-refractivity contribution is 6.25. The predicted octanol–water partition coefficient (Wildman–Crippen LogP) is 5.73. The molecule has 362 valence electrons. The molecule has 7 rings (SSSR count). The van der Waals surface area contributed by atoms with Gasteiger partial charge in [0.05, 0.1) is 69.6 Å². The molecule has 5 amide bonds. The maximum absolute atomic E-state index is 13.4. The van der Waals surface area contributed by atoms with Crippen LogP contribution in [0.3, 0.4) is 0 Å². The van der Waals surface area contributed by atoms with Crippen molar-refractivity contribution >= 4 is 46.4 Å². The van der Waals surface area contributed by atoms with Gasteiger partial charge in [-0.1, -0.05) is 72.8 Å². The van der Waals surface area contributed by atoms with E-state index in [9.17, 15) is 29.1 Å². The van der Waals surface area contributed by atoms with Crippen LogP contribution in [0.2, 0.25) is 0 Å². The van der Waals surface area contributed by atoms with E-state index in [0.717, 1.165) is 38.5 Å². The predicted molar refractivity (Wildman–Crippen MR) is 257 cm³/mol. The van der Waals surface area contributed by atoms with Crippen LogP contribution in [0.25, 0.3) is 11.1 Å². The first-order valence-corrected chi connectivity index (χ1v) is 23.3. The lowest BCUT2D eigenvalue weighted by molar-refractivity contribution is -0.149. The number of allylic oxidation sites excluding steroid dienone is 1.